The van der Waals surface area contributed by atoms with Crippen molar-refractivity contribution in [2.75, 3.05) is 33.4 Å². The van der Waals surface area contributed by atoms with Crippen LogP contribution in [0.25, 0.3) is 5.69 Å². The zero-order valence-electron chi connectivity index (χ0n) is 19.8. The van der Waals surface area contributed by atoms with E-state index in [2.05, 4.69) is 70.8 Å². The second-order valence-corrected chi connectivity index (χ2v) is 8.33. The van der Waals surface area contributed by atoms with Crippen molar-refractivity contribution in [3.8, 4) is 5.69 Å². The van der Waals surface area contributed by atoms with Gasteiger partial charge < -0.3 is 15.4 Å². The molecule has 7 heteroatoms. The van der Waals surface area contributed by atoms with Crippen LogP contribution in [-0.2, 0) is 24.4 Å². The predicted octanol–water partition coefficient (Wildman–Crippen LogP) is 3.19. The van der Waals surface area contributed by atoms with Crippen LogP contribution in [0.1, 0.15) is 28.1 Å². The lowest BCUT2D eigenvalue weighted by atomic mass is 10.1. The highest BCUT2D eigenvalue weighted by Gasteiger charge is 2.14. The topological polar surface area (TPSA) is 66.7 Å². The Hall–Kier alpha value is -3.16. The minimum absolute atomic E-state index is 0.666. The number of aromatic nitrogens is 2. The molecule has 2 aromatic carbocycles. The number of nitrogens with one attached hydrogen (secondary N) is 2. The molecule has 1 aliphatic rings. The maximum Gasteiger partial charge on any atom is 0.191 e. The zero-order valence-corrected chi connectivity index (χ0v) is 19.8. The van der Waals surface area contributed by atoms with Gasteiger partial charge in [0, 0.05) is 51.0 Å². The van der Waals surface area contributed by atoms with E-state index >= 15 is 0 Å². The van der Waals surface area contributed by atoms with Crippen molar-refractivity contribution in [2.45, 2.75) is 33.5 Å². The zero-order chi connectivity index (χ0) is 23.0. The number of hydrogen-bond donors (Lipinski definition) is 2. The van der Waals surface area contributed by atoms with Gasteiger partial charge in [0.15, 0.2) is 5.96 Å². The molecule has 0 atom stereocenters. The number of para-hydroxylation sites is 1. The van der Waals surface area contributed by atoms with Gasteiger partial charge in [-0.25, -0.2) is 4.68 Å². The van der Waals surface area contributed by atoms with Crippen LogP contribution in [0.5, 0.6) is 0 Å². The van der Waals surface area contributed by atoms with Crippen molar-refractivity contribution < 1.29 is 4.74 Å². The minimum Gasteiger partial charge on any atom is -0.379 e. The number of ether oxygens (including phenoxy) is 1. The van der Waals surface area contributed by atoms with Gasteiger partial charge in [-0.3, -0.25) is 9.89 Å². The van der Waals surface area contributed by atoms with Gasteiger partial charge >= 0.3 is 0 Å². The van der Waals surface area contributed by atoms with Gasteiger partial charge in [-0.1, -0.05) is 42.5 Å². The second kappa shape index (κ2) is 11.1. The summed E-state index contributed by atoms with van der Waals surface area (Å²) in [5.74, 6) is 0.780. The van der Waals surface area contributed by atoms with Crippen molar-refractivity contribution in [1.82, 2.24) is 25.3 Å². The molecule has 0 amide bonds. The SMILES string of the molecule is CN=C(NCc1ccccc1CN1CCOCC1)NCc1c(C)nn(-c2ccccc2)c1C. The molecule has 2 N–H and O–H groups in total. The summed E-state index contributed by atoms with van der Waals surface area (Å²) < 4.78 is 7.49. The fourth-order valence-electron chi connectivity index (χ4n) is 4.21. The second-order valence-electron chi connectivity index (χ2n) is 8.33. The Kier molecular flexibility index (Phi) is 7.75. The summed E-state index contributed by atoms with van der Waals surface area (Å²) in [7, 11) is 1.81. The molecule has 0 bridgehead atoms. The highest BCUT2D eigenvalue weighted by atomic mass is 16.5. The predicted molar refractivity (Wildman–Crippen MR) is 133 cm³/mol. The Morgan fingerprint density at radius 1 is 0.939 bits per heavy atom. The molecule has 1 fully saturated rings. The molecule has 33 heavy (non-hydrogen) atoms. The Bertz CT molecular complexity index is 1070. The van der Waals surface area contributed by atoms with Crippen LogP contribution in [0.15, 0.2) is 59.6 Å². The first-order valence-corrected chi connectivity index (χ1v) is 11.6. The Labute approximate surface area is 196 Å². The first-order chi connectivity index (χ1) is 16.2. The summed E-state index contributed by atoms with van der Waals surface area (Å²) in [5.41, 5.74) is 7.06. The van der Waals surface area contributed by atoms with E-state index in [-0.39, 0.29) is 0 Å². The molecule has 0 unspecified atom stereocenters. The third-order valence-electron chi connectivity index (χ3n) is 6.16. The maximum absolute atomic E-state index is 5.48. The maximum atomic E-state index is 5.48. The van der Waals surface area contributed by atoms with Gasteiger partial charge in [0.05, 0.1) is 24.6 Å². The van der Waals surface area contributed by atoms with Crippen molar-refractivity contribution in [1.29, 1.82) is 0 Å². The third kappa shape index (κ3) is 5.80. The van der Waals surface area contributed by atoms with E-state index < -0.39 is 0 Å². The first kappa shape index (κ1) is 23.0. The smallest absolute Gasteiger partial charge is 0.191 e. The van der Waals surface area contributed by atoms with E-state index in [9.17, 15) is 0 Å². The number of aryl methyl sites for hydroxylation is 1. The molecule has 1 aromatic heterocycles. The molecule has 0 aliphatic carbocycles. The number of nitrogens with zero attached hydrogens (tertiary/aromatic N) is 4. The molecule has 0 spiro atoms. The summed E-state index contributed by atoms with van der Waals surface area (Å²) >= 11 is 0. The fourth-order valence-corrected chi connectivity index (χ4v) is 4.21. The van der Waals surface area contributed by atoms with Crippen LogP contribution in [0.3, 0.4) is 0 Å². The Morgan fingerprint density at radius 2 is 1.61 bits per heavy atom. The van der Waals surface area contributed by atoms with Gasteiger partial charge in [-0.2, -0.15) is 5.10 Å². The number of aliphatic imine (C=N–C) groups is 1. The van der Waals surface area contributed by atoms with Gasteiger partial charge in [0.25, 0.3) is 0 Å². The van der Waals surface area contributed by atoms with E-state index in [4.69, 9.17) is 9.84 Å². The standard InChI is InChI=1S/C26H34N6O/c1-20-25(21(2)32(30-20)24-11-5-4-6-12-24)18-29-26(27-3)28-17-22-9-7-8-10-23(22)19-31-13-15-33-16-14-31/h4-12H,13-19H2,1-3H3,(H2,27,28,29). The molecule has 1 saturated heterocycles. The normalized spacial score (nSPS) is 14.9. The lowest BCUT2D eigenvalue weighted by Gasteiger charge is -2.27. The number of benzene rings is 2. The van der Waals surface area contributed by atoms with Crippen molar-refractivity contribution in [3.05, 3.63) is 82.7 Å². The van der Waals surface area contributed by atoms with E-state index in [1.165, 1.54) is 16.7 Å². The fraction of sp³-hybridized carbons (Fsp3) is 0.385. The summed E-state index contributed by atoms with van der Waals surface area (Å²) in [4.78, 5) is 6.88. The molecule has 0 radical (unpaired) electrons. The summed E-state index contributed by atoms with van der Waals surface area (Å²) in [6, 6.07) is 18.9. The Balaban J connectivity index is 1.37. The third-order valence-corrected chi connectivity index (χ3v) is 6.16. The summed E-state index contributed by atoms with van der Waals surface area (Å²) in [5, 5.41) is 11.7. The average molecular weight is 447 g/mol. The van der Waals surface area contributed by atoms with Gasteiger partial charge in [-0.05, 0) is 37.1 Å². The summed E-state index contributed by atoms with van der Waals surface area (Å²) in [6.45, 7) is 10.1. The Morgan fingerprint density at radius 3 is 2.33 bits per heavy atom. The molecular weight excluding hydrogens is 412 g/mol. The molecular formula is C26H34N6O. The largest absolute Gasteiger partial charge is 0.379 e. The highest BCUT2D eigenvalue weighted by Crippen LogP contribution is 2.18. The molecule has 2 heterocycles. The van der Waals surface area contributed by atoms with Crippen molar-refractivity contribution >= 4 is 5.96 Å². The number of hydrogen-bond acceptors (Lipinski definition) is 4. The van der Waals surface area contributed by atoms with E-state index in [1.807, 2.05) is 29.9 Å². The van der Waals surface area contributed by atoms with E-state index in [0.29, 0.717) is 6.54 Å². The number of rotatable bonds is 7. The lowest BCUT2D eigenvalue weighted by Crippen LogP contribution is -2.37. The molecule has 7 nitrogen and oxygen atoms in total. The molecule has 0 saturated carbocycles. The average Bonchev–Trinajstić information content (AvgIpc) is 3.14. The van der Waals surface area contributed by atoms with Crippen molar-refractivity contribution in [3.63, 3.8) is 0 Å². The molecule has 4 rings (SSSR count). The molecule has 1 aliphatic heterocycles. The first-order valence-electron chi connectivity index (χ1n) is 11.6. The quantitative estimate of drug-likeness (QED) is 0.431. The van der Waals surface area contributed by atoms with Gasteiger partial charge in [0.1, 0.15) is 0 Å². The monoisotopic (exact) mass is 446 g/mol. The van der Waals surface area contributed by atoms with Crippen LogP contribution in [0, 0.1) is 13.8 Å². The minimum atomic E-state index is 0.666. The number of morpholine rings is 1. The van der Waals surface area contributed by atoms with E-state index in [1.54, 1.807) is 0 Å². The van der Waals surface area contributed by atoms with Crippen LogP contribution in [0.4, 0.5) is 0 Å². The number of guanidine groups is 1. The van der Waals surface area contributed by atoms with Crippen LogP contribution in [-0.4, -0.2) is 54.0 Å². The van der Waals surface area contributed by atoms with Gasteiger partial charge in [-0.15, -0.1) is 0 Å². The van der Waals surface area contributed by atoms with E-state index in [0.717, 1.165) is 62.4 Å². The molecule has 174 valence electrons. The van der Waals surface area contributed by atoms with Gasteiger partial charge in [0.2, 0.25) is 0 Å². The van der Waals surface area contributed by atoms with Crippen LogP contribution >= 0.6 is 0 Å². The molecule has 3 aromatic rings. The van der Waals surface area contributed by atoms with Crippen LogP contribution in [0.2, 0.25) is 0 Å². The summed E-state index contributed by atoms with van der Waals surface area (Å²) in [6.07, 6.45) is 0. The van der Waals surface area contributed by atoms with Crippen LogP contribution < -0.4 is 10.6 Å². The highest BCUT2D eigenvalue weighted by molar-refractivity contribution is 5.79. The lowest BCUT2D eigenvalue weighted by molar-refractivity contribution is 0.0341. The van der Waals surface area contributed by atoms with Crippen molar-refractivity contribution in [2.24, 2.45) is 4.99 Å².